The van der Waals surface area contributed by atoms with Gasteiger partial charge in [0.2, 0.25) is 5.91 Å². The van der Waals surface area contributed by atoms with Crippen LogP contribution in [0.25, 0.3) is 0 Å². The molecular formula is C55H93NO5. The van der Waals surface area contributed by atoms with E-state index in [2.05, 4.69) is 68.6 Å². The maximum atomic E-state index is 13.2. The van der Waals surface area contributed by atoms with E-state index in [1.165, 1.54) is 83.5 Å². The third kappa shape index (κ3) is 43.2. The van der Waals surface area contributed by atoms with Crippen LogP contribution in [0.4, 0.5) is 0 Å². The Kier molecular flexibility index (Phi) is 45.3. The lowest BCUT2D eigenvalue weighted by Gasteiger charge is -2.24. The van der Waals surface area contributed by atoms with E-state index >= 15 is 0 Å². The van der Waals surface area contributed by atoms with Crippen molar-refractivity contribution < 1.29 is 24.5 Å². The van der Waals surface area contributed by atoms with Crippen LogP contribution in [0, 0.1) is 0 Å². The smallest absolute Gasteiger partial charge is 0.306 e. The number of nitrogens with one attached hydrogen (secondary N) is 1. The van der Waals surface area contributed by atoms with Gasteiger partial charge in [-0.25, -0.2) is 0 Å². The number of carbonyl (C=O) groups excluding carboxylic acids is 2. The van der Waals surface area contributed by atoms with Gasteiger partial charge in [-0.05, 0) is 64.2 Å². The topological polar surface area (TPSA) is 95.9 Å². The van der Waals surface area contributed by atoms with Crippen LogP contribution >= 0.6 is 0 Å². The lowest BCUT2D eigenvalue weighted by molar-refractivity contribution is -0.151. The molecule has 348 valence electrons. The number of aliphatic hydroxyl groups excluding tert-OH is 2. The van der Waals surface area contributed by atoms with Crippen LogP contribution in [0.2, 0.25) is 0 Å². The maximum Gasteiger partial charge on any atom is 0.306 e. The number of ether oxygens (including phenoxy) is 1. The third-order valence-corrected chi connectivity index (χ3v) is 10.8. The molecule has 0 fully saturated rings. The van der Waals surface area contributed by atoms with Gasteiger partial charge >= 0.3 is 5.97 Å². The van der Waals surface area contributed by atoms with E-state index < -0.39 is 18.2 Å². The summed E-state index contributed by atoms with van der Waals surface area (Å²) in [5.74, 6) is -0.567. The quantitative estimate of drug-likeness (QED) is 0.0323. The Labute approximate surface area is 376 Å². The molecule has 6 nitrogen and oxygen atoms in total. The van der Waals surface area contributed by atoms with Crippen molar-refractivity contribution in [3.05, 3.63) is 97.2 Å². The molecule has 1 amide bonds. The molecule has 0 saturated carbocycles. The summed E-state index contributed by atoms with van der Waals surface area (Å²) in [7, 11) is 0. The van der Waals surface area contributed by atoms with Crippen LogP contribution < -0.4 is 5.32 Å². The fourth-order valence-electron chi connectivity index (χ4n) is 7.10. The summed E-state index contributed by atoms with van der Waals surface area (Å²) in [6.07, 6.45) is 63.3. The Morgan fingerprint density at radius 1 is 0.492 bits per heavy atom. The molecule has 3 atom stereocenters. The van der Waals surface area contributed by atoms with E-state index in [9.17, 15) is 19.8 Å². The minimum absolute atomic E-state index is 0.0314. The standard InChI is InChI=1S/C55H93NO5/c1-4-7-10-13-16-19-22-24-26-28-29-32-35-38-41-44-47-53(58)52(50-57)56-54(59)49-51(46-43-40-37-34-31-21-18-15-12-9-6-3)61-55(60)48-45-42-39-36-33-30-27-25-23-20-17-14-11-8-5-2/h8-9,11-12,14-15,17-18,20-21,23,25,27,30-31,33,51-53,57-58H,4-7,10,13,16,19,22,24,26,28-29,32,34-50H2,1-3H3,(H,56,59)/b11-8+,12-9+,17-14+,18-15+,23-20-,27-25-,31-21-,33-30+. The highest BCUT2D eigenvalue weighted by atomic mass is 16.5. The largest absolute Gasteiger partial charge is 0.462 e. The first kappa shape index (κ1) is 57.8. The molecule has 0 aliphatic heterocycles. The van der Waals surface area contributed by atoms with Gasteiger partial charge in [0.1, 0.15) is 6.10 Å². The summed E-state index contributed by atoms with van der Waals surface area (Å²) in [6, 6.07) is -0.727. The van der Waals surface area contributed by atoms with Crippen LogP contribution in [0.15, 0.2) is 97.2 Å². The third-order valence-electron chi connectivity index (χ3n) is 10.8. The molecule has 61 heavy (non-hydrogen) atoms. The Morgan fingerprint density at radius 2 is 0.885 bits per heavy atom. The van der Waals surface area contributed by atoms with Crippen molar-refractivity contribution >= 4 is 11.9 Å². The Hall–Kier alpha value is -3.22. The van der Waals surface area contributed by atoms with Gasteiger partial charge in [-0.3, -0.25) is 9.59 Å². The SMILES string of the molecule is CC/C=C/C=C/C=C\C=C/C=C/CCCCCC(=O)OC(CCCCC\C=C/C=C/C=C/CC)CC(=O)NC(CO)C(O)CCCCCCCCCCCCCCCCCC. The first-order valence-corrected chi connectivity index (χ1v) is 25.1. The molecule has 3 N–H and O–H groups in total. The fraction of sp³-hybridized carbons (Fsp3) is 0.673. The number of aliphatic hydroxyl groups is 2. The molecule has 0 aromatic carbocycles. The van der Waals surface area contributed by atoms with Crippen LogP contribution in [0.5, 0.6) is 0 Å². The average Bonchev–Trinajstić information content (AvgIpc) is 3.25. The normalized spacial score (nSPS) is 14.1. The molecule has 0 aromatic heterocycles. The predicted molar refractivity (Wildman–Crippen MR) is 264 cm³/mol. The number of amides is 1. The van der Waals surface area contributed by atoms with Gasteiger partial charge in [0.05, 0.1) is 25.2 Å². The minimum Gasteiger partial charge on any atom is -0.462 e. The van der Waals surface area contributed by atoms with Crippen LogP contribution in [-0.2, 0) is 14.3 Å². The summed E-state index contributed by atoms with van der Waals surface area (Å²) in [6.45, 7) is 6.18. The summed E-state index contributed by atoms with van der Waals surface area (Å²) < 4.78 is 5.88. The van der Waals surface area contributed by atoms with Gasteiger partial charge < -0.3 is 20.3 Å². The van der Waals surface area contributed by atoms with Gasteiger partial charge in [0.25, 0.3) is 0 Å². The minimum atomic E-state index is -0.810. The zero-order valence-corrected chi connectivity index (χ0v) is 39.5. The number of hydrogen-bond donors (Lipinski definition) is 3. The average molecular weight is 848 g/mol. The van der Waals surface area contributed by atoms with Crippen molar-refractivity contribution in [3.8, 4) is 0 Å². The lowest BCUT2D eigenvalue weighted by Crippen LogP contribution is -2.46. The molecule has 3 unspecified atom stereocenters. The number of unbranched alkanes of at least 4 members (excludes halogenated alkanes) is 21. The number of allylic oxidation sites excluding steroid dienone is 16. The Bertz CT molecular complexity index is 1220. The Morgan fingerprint density at radius 3 is 1.34 bits per heavy atom. The molecule has 0 aliphatic rings. The molecule has 0 heterocycles. The molecule has 0 saturated heterocycles. The van der Waals surface area contributed by atoms with Crippen LogP contribution in [0.1, 0.15) is 213 Å². The van der Waals surface area contributed by atoms with Crippen molar-refractivity contribution in [1.82, 2.24) is 5.32 Å². The Balaban J connectivity index is 4.63. The summed E-state index contributed by atoms with van der Waals surface area (Å²) in [4.78, 5) is 26.1. The monoisotopic (exact) mass is 848 g/mol. The van der Waals surface area contributed by atoms with E-state index in [1.807, 2.05) is 54.7 Å². The number of rotatable bonds is 43. The number of hydrogen-bond acceptors (Lipinski definition) is 5. The first-order chi connectivity index (χ1) is 30.0. The number of esters is 1. The highest BCUT2D eigenvalue weighted by Gasteiger charge is 2.24. The maximum absolute atomic E-state index is 13.2. The van der Waals surface area contributed by atoms with Crippen molar-refractivity contribution in [2.45, 2.75) is 232 Å². The van der Waals surface area contributed by atoms with Gasteiger partial charge in [-0.15, -0.1) is 0 Å². The van der Waals surface area contributed by atoms with E-state index in [4.69, 9.17) is 4.74 Å². The van der Waals surface area contributed by atoms with E-state index in [1.54, 1.807) is 0 Å². The van der Waals surface area contributed by atoms with Crippen molar-refractivity contribution in [3.63, 3.8) is 0 Å². The highest BCUT2D eigenvalue weighted by molar-refractivity contribution is 5.77. The van der Waals surface area contributed by atoms with E-state index in [0.717, 1.165) is 83.5 Å². The lowest BCUT2D eigenvalue weighted by atomic mass is 10.0. The van der Waals surface area contributed by atoms with E-state index in [0.29, 0.717) is 19.3 Å². The molecule has 0 radical (unpaired) electrons. The molecule has 0 aliphatic carbocycles. The summed E-state index contributed by atoms with van der Waals surface area (Å²) in [5.41, 5.74) is 0. The van der Waals surface area contributed by atoms with Crippen molar-refractivity contribution in [2.75, 3.05) is 6.61 Å². The van der Waals surface area contributed by atoms with Gasteiger partial charge in [-0.1, -0.05) is 234 Å². The fourth-order valence-corrected chi connectivity index (χ4v) is 7.10. The van der Waals surface area contributed by atoms with Crippen LogP contribution in [0.3, 0.4) is 0 Å². The molecule has 0 aromatic rings. The van der Waals surface area contributed by atoms with Gasteiger partial charge in [0.15, 0.2) is 0 Å². The summed E-state index contributed by atoms with van der Waals surface area (Å²) in [5, 5.41) is 23.7. The molecule has 0 rings (SSSR count). The number of carbonyl (C=O) groups is 2. The second-order valence-electron chi connectivity index (χ2n) is 16.6. The zero-order valence-electron chi connectivity index (χ0n) is 39.5. The second kappa shape index (κ2) is 47.8. The van der Waals surface area contributed by atoms with E-state index in [-0.39, 0.29) is 24.9 Å². The summed E-state index contributed by atoms with van der Waals surface area (Å²) >= 11 is 0. The molecule has 0 spiro atoms. The molecule has 0 bridgehead atoms. The first-order valence-electron chi connectivity index (χ1n) is 25.1. The van der Waals surface area contributed by atoms with Gasteiger partial charge in [-0.2, -0.15) is 0 Å². The predicted octanol–water partition coefficient (Wildman–Crippen LogP) is 14.9. The molecular weight excluding hydrogens is 755 g/mol. The van der Waals surface area contributed by atoms with Gasteiger partial charge in [0, 0.05) is 6.42 Å². The molecule has 6 heteroatoms. The zero-order chi connectivity index (χ0) is 44.5. The second-order valence-corrected chi connectivity index (χ2v) is 16.6. The highest BCUT2D eigenvalue weighted by Crippen LogP contribution is 2.17. The van der Waals surface area contributed by atoms with Crippen molar-refractivity contribution in [1.29, 1.82) is 0 Å². The van der Waals surface area contributed by atoms with Crippen LogP contribution in [-0.4, -0.2) is 46.9 Å². The van der Waals surface area contributed by atoms with Crippen molar-refractivity contribution in [2.24, 2.45) is 0 Å².